The van der Waals surface area contributed by atoms with E-state index in [1.807, 2.05) is 18.2 Å². The van der Waals surface area contributed by atoms with Gasteiger partial charge in [0, 0.05) is 18.1 Å². The van der Waals surface area contributed by atoms with Gasteiger partial charge in [0.1, 0.15) is 0 Å². The monoisotopic (exact) mass is 269 g/mol. The molecule has 2 aromatic rings. The zero-order chi connectivity index (χ0) is 14.1. The Labute approximate surface area is 117 Å². The molecule has 20 heavy (non-hydrogen) atoms. The molecule has 102 valence electrons. The molecular weight excluding hydrogens is 254 g/mol. The first-order chi connectivity index (χ1) is 9.70. The molecule has 0 amide bonds. The van der Waals surface area contributed by atoms with Gasteiger partial charge in [-0.15, -0.1) is 0 Å². The van der Waals surface area contributed by atoms with Crippen LogP contribution >= 0.6 is 0 Å². The van der Waals surface area contributed by atoms with Gasteiger partial charge in [-0.2, -0.15) is 0 Å². The van der Waals surface area contributed by atoms with Gasteiger partial charge >= 0.3 is 0 Å². The Morgan fingerprint density at radius 3 is 2.90 bits per heavy atom. The first-order valence-electron chi connectivity index (χ1n) is 6.42. The van der Waals surface area contributed by atoms with Gasteiger partial charge in [0.25, 0.3) is 0 Å². The van der Waals surface area contributed by atoms with Gasteiger partial charge in [0.05, 0.1) is 19.1 Å². The molecule has 0 saturated heterocycles. The molecule has 0 atom stereocenters. The number of allylic oxidation sites excluding steroid dienone is 1. The zero-order valence-electron chi connectivity index (χ0n) is 11.4. The van der Waals surface area contributed by atoms with Gasteiger partial charge in [-0.05, 0) is 23.6 Å². The maximum absolute atomic E-state index is 11.5. The maximum Gasteiger partial charge on any atom is 0.195 e. The van der Waals surface area contributed by atoms with Crippen LogP contribution in [0.5, 0.6) is 0 Å². The quantitative estimate of drug-likeness (QED) is 0.684. The van der Waals surface area contributed by atoms with Gasteiger partial charge in [0.15, 0.2) is 11.5 Å². The molecule has 1 N–H and O–H groups in total. The van der Waals surface area contributed by atoms with Crippen LogP contribution in [0.25, 0.3) is 16.8 Å². The normalized spacial score (nSPS) is 13.0. The van der Waals surface area contributed by atoms with Crippen LogP contribution in [-0.2, 0) is 11.3 Å². The lowest BCUT2D eigenvalue weighted by Crippen LogP contribution is -2.08. The molecule has 0 radical (unpaired) electrons. The summed E-state index contributed by atoms with van der Waals surface area (Å²) < 4.78 is 5.26. The minimum absolute atomic E-state index is 0.0645. The van der Waals surface area contributed by atoms with Crippen molar-refractivity contribution in [1.29, 1.82) is 0 Å². The summed E-state index contributed by atoms with van der Waals surface area (Å²) in [7, 11) is 1.60. The van der Waals surface area contributed by atoms with Crippen LogP contribution in [-0.4, -0.2) is 12.9 Å². The second-order valence-corrected chi connectivity index (χ2v) is 4.72. The van der Waals surface area contributed by atoms with Crippen LogP contribution in [0.1, 0.15) is 28.6 Å². The largest absolute Gasteiger partial charge is 0.461 e. The van der Waals surface area contributed by atoms with Crippen molar-refractivity contribution >= 4 is 11.5 Å². The van der Waals surface area contributed by atoms with Crippen molar-refractivity contribution in [3.8, 4) is 11.1 Å². The lowest BCUT2D eigenvalue weighted by Gasteiger charge is -2.08. The average molecular weight is 269 g/mol. The number of fused-ring (bicyclic) bond motifs is 1. The Morgan fingerprint density at radius 1 is 1.30 bits per heavy atom. The predicted octanol–water partition coefficient (Wildman–Crippen LogP) is 3.20. The van der Waals surface area contributed by atoms with Gasteiger partial charge in [-0.3, -0.25) is 15.1 Å². The van der Waals surface area contributed by atoms with Crippen molar-refractivity contribution in [2.24, 2.45) is 0 Å². The highest BCUT2D eigenvalue weighted by atomic mass is 16.6. The Balaban J connectivity index is 1.99. The molecule has 4 nitrogen and oxygen atoms in total. The topological polar surface area (TPSA) is 51.5 Å². The molecular formula is C16H15NO3. The SMILES string of the molecule is CONC1=CCc2cc(-c3ccoc3C(C)=O)ccc21. The Bertz CT molecular complexity index is 697. The zero-order valence-corrected chi connectivity index (χ0v) is 11.4. The van der Waals surface area contributed by atoms with E-state index in [1.165, 1.54) is 12.5 Å². The van der Waals surface area contributed by atoms with Gasteiger partial charge < -0.3 is 4.42 Å². The summed E-state index contributed by atoms with van der Waals surface area (Å²) in [6.07, 6.45) is 4.48. The van der Waals surface area contributed by atoms with Crippen LogP contribution < -0.4 is 5.48 Å². The second-order valence-electron chi connectivity index (χ2n) is 4.72. The van der Waals surface area contributed by atoms with Gasteiger partial charge in [0.2, 0.25) is 0 Å². The van der Waals surface area contributed by atoms with E-state index in [1.54, 1.807) is 13.4 Å². The number of Topliss-reactive ketones (excluding diaryl/α,β-unsaturated/α-hetero) is 1. The molecule has 3 rings (SSSR count). The molecule has 1 aliphatic rings. The number of hydrogen-bond acceptors (Lipinski definition) is 4. The fourth-order valence-electron chi connectivity index (χ4n) is 2.53. The number of benzene rings is 1. The molecule has 1 aromatic heterocycles. The third kappa shape index (κ3) is 2.04. The Hall–Kier alpha value is -2.33. The lowest BCUT2D eigenvalue weighted by atomic mass is 9.99. The van der Waals surface area contributed by atoms with Gasteiger partial charge in [-0.25, -0.2) is 0 Å². The van der Waals surface area contributed by atoms with E-state index < -0.39 is 0 Å². The Morgan fingerprint density at radius 2 is 2.15 bits per heavy atom. The minimum atomic E-state index is -0.0645. The molecule has 0 bridgehead atoms. The number of hydrogen-bond donors (Lipinski definition) is 1. The summed E-state index contributed by atoms with van der Waals surface area (Å²) in [4.78, 5) is 16.5. The maximum atomic E-state index is 11.5. The van der Waals surface area contributed by atoms with E-state index in [4.69, 9.17) is 9.25 Å². The molecule has 0 unspecified atom stereocenters. The molecule has 0 fully saturated rings. The number of carbonyl (C=O) groups excluding carboxylic acids is 1. The molecule has 1 aliphatic carbocycles. The van der Waals surface area contributed by atoms with E-state index in [0.29, 0.717) is 5.76 Å². The standard InChI is InChI=1S/C16H15NO3/c1-10(18)16-14(7-8-20-16)12-3-5-13-11(9-12)4-6-15(13)17-19-2/h3,5-9,17H,4H2,1-2H3. The average Bonchev–Trinajstić information content (AvgIpc) is 3.05. The molecule has 1 heterocycles. The first kappa shape index (κ1) is 12.7. The van der Waals surface area contributed by atoms with Crippen molar-refractivity contribution in [1.82, 2.24) is 5.48 Å². The highest BCUT2D eigenvalue weighted by Gasteiger charge is 2.17. The number of carbonyl (C=O) groups is 1. The fraction of sp³-hybridized carbons (Fsp3) is 0.188. The summed E-state index contributed by atoms with van der Waals surface area (Å²) in [5.41, 5.74) is 8.02. The third-order valence-electron chi connectivity index (χ3n) is 3.43. The van der Waals surface area contributed by atoms with E-state index in [0.717, 1.165) is 28.8 Å². The number of furan rings is 1. The summed E-state index contributed by atoms with van der Waals surface area (Å²) in [5, 5.41) is 0. The van der Waals surface area contributed by atoms with E-state index in [-0.39, 0.29) is 5.78 Å². The molecule has 1 aromatic carbocycles. The summed E-state index contributed by atoms with van der Waals surface area (Å²) in [5.74, 6) is 0.344. The fourth-order valence-corrected chi connectivity index (χ4v) is 2.53. The van der Waals surface area contributed by atoms with Crippen LogP contribution in [0.15, 0.2) is 41.0 Å². The van der Waals surface area contributed by atoms with Crippen LogP contribution in [0, 0.1) is 0 Å². The number of ketones is 1. The Kier molecular flexibility index (Phi) is 3.16. The molecule has 0 spiro atoms. The summed E-state index contributed by atoms with van der Waals surface area (Å²) in [6.45, 7) is 1.51. The predicted molar refractivity (Wildman–Crippen MR) is 76.0 cm³/mol. The molecule has 0 saturated carbocycles. The number of nitrogens with one attached hydrogen (secondary N) is 1. The van der Waals surface area contributed by atoms with Crippen molar-refractivity contribution in [2.45, 2.75) is 13.3 Å². The molecule has 4 heteroatoms. The van der Waals surface area contributed by atoms with E-state index >= 15 is 0 Å². The summed E-state index contributed by atoms with van der Waals surface area (Å²) in [6, 6.07) is 7.95. The summed E-state index contributed by atoms with van der Waals surface area (Å²) >= 11 is 0. The molecule has 0 aliphatic heterocycles. The first-order valence-corrected chi connectivity index (χ1v) is 6.42. The van der Waals surface area contributed by atoms with Crippen molar-refractivity contribution < 1.29 is 14.0 Å². The van der Waals surface area contributed by atoms with Crippen LogP contribution in [0.3, 0.4) is 0 Å². The number of rotatable bonds is 4. The van der Waals surface area contributed by atoms with Crippen molar-refractivity contribution in [3.05, 3.63) is 53.5 Å². The van der Waals surface area contributed by atoms with Crippen molar-refractivity contribution in [3.63, 3.8) is 0 Å². The highest BCUT2D eigenvalue weighted by Crippen LogP contribution is 2.32. The highest BCUT2D eigenvalue weighted by molar-refractivity contribution is 5.98. The lowest BCUT2D eigenvalue weighted by molar-refractivity contribution is 0.0988. The smallest absolute Gasteiger partial charge is 0.195 e. The van der Waals surface area contributed by atoms with Crippen LogP contribution in [0.4, 0.5) is 0 Å². The van der Waals surface area contributed by atoms with E-state index in [2.05, 4.69) is 17.6 Å². The van der Waals surface area contributed by atoms with E-state index in [9.17, 15) is 4.79 Å². The minimum Gasteiger partial charge on any atom is -0.461 e. The third-order valence-corrected chi connectivity index (χ3v) is 3.43. The van der Waals surface area contributed by atoms with Crippen molar-refractivity contribution in [2.75, 3.05) is 7.11 Å². The second kappa shape index (κ2) is 4.98. The van der Waals surface area contributed by atoms with Crippen LogP contribution in [0.2, 0.25) is 0 Å². The van der Waals surface area contributed by atoms with Gasteiger partial charge in [-0.1, -0.05) is 24.3 Å². The number of hydroxylamine groups is 1.